The smallest absolute Gasteiger partial charge is 0.276 e. The molecule has 142 valence electrons. The summed E-state index contributed by atoms with van der Waals surface area (Å²) >= 11 is 6.48. The Labute approximate surface area is 171 Å². The molecule has 0 saturated heterocycles. The fourth-order valence-corrected chi connectivity index (χ4v) is 3.07. The van der Waals surface area contributed by atoms with Gasteiger partial charge in [-0.05, 0) is 52.6 Å². The Morgan fingerprint density at radius 3 is 2.64 bits per heavy atom. The summed E-state index contributed by atoms with van der Waals surface area (Å²) in [6, 6.07) is 17.2. The molecule has 0 aliphatic rings. The van der Waals surface area contributed by atoms with Gasteiger partial charge in [0.15, 0.2) is 11.7 Å². The number of hydrogen-bond donors (Lipinski definition) is 3. The van der Waals surface area contributed by atoms with Crippen LogP contribution in [0.3, 0.4) is 0 Å². The van der Waals surface area contributed by atoms with Crippen molar-refractivity contribution in [2.45, 2.75) is 0 Å². The number of rotatable bonds is 5. The molecule has 0 unspecified atom stereocenters. The van der Waals surface area contributed by atoms with Crippen LogP contribution in [0.1, 0.15) is 4.88 Å². The van der Waals surface area contributed by atoms with Crippen LogP contribution in [0.15, 0.2) is 66.1 Å². The topological polar surface area (TPSA) is 79.5 Å². The number of nitrogens with one attached hydrogen (secondary N) is 3. The third kappa shape index (κ3) is 5.90. The Balaban J connectivity index is 1.39. The fraction of sp³-hybridized carbons (Fsp3) is 0.0500. The lowest BCUT2D eigenvalue weighted by Gasteiger charge is -2.11. The van der Waals surface area contributed by atoms with Crippen LogP contribution >= 0.6 is 23.6 Å². The van der Waals surface area contributed by atoms with Gasteiger partial charge < -0.3 is 4.74 Å². The highest BCUT2D eigenvalue weighted by atomic mass is 32.1. The number of ether oxygens (including phenoxy) is 1. The average Bonchev–Trinajstić information content (AvgIpc) is 3.22. The van der Waals surface area contributed by atoms with E-state index in [1.807, 2.05) is 53.9 Å². The highest BCUT2D eigenvalue weighted by Gasteiger charge is 2.06. The summed E-state index contributed by atoms with van der Waals surface area (Å²) in [5.74, 6) is -0.241. The molecule has 1 aromatic heterocycles. The molecule has 2 amide bonds. The van der Waals surface area contributed by atoms with Gasteiger partial charge in [-0.15, -0.1) is 11.3 Å². The maximum Gasteiger partial charge on any atom is 0.276 e. The van der Waals surface area contributed by atoms with Gasteiger partial charge >= 0.3 is 0 Å². The third-order valence-corrected chi connectivity index (χ3v) is 4.63. The van der Waals surface area contributed by atoms with Crippen molar-refractivity contribution >= 4 is 57.3 Å². The van der Waals surface area contributed by atoms with Gasteiger partial charge in [-0.2, -0.15) is 0 Å². The quantitative estimate of drug-likeness (QED) is 0.342. The monoisotopic (exact) mass is 411 g/mol. The molecule has 0 radical (unpaired) electrons. The first-order valence-corrected chi connectivity index (χ1v) is 9.62. The van der Waals surface area contributed by atoms with Crippen LogP contribution in [-0.2, 0) is 9.59 Å². The van der Waals surface area contributed by atoms with Gasteiger partial charge in [-0.25, -0.2) is 0 Å². The molecule has 28 heavy (non-hydrogen) atoms. The van der Waals surface area contributed by atoms with E-state index in [-0.39, 0.29) is 11.7 Å². The molecule has 6 nitrogen and oxygen atoms in total. The Morgan fingerprint density at radius 1 is 1.04 bits per heavy atom. The van der Waals surface area contributed by atoms with E-state index in [2.05, 4.69) is 16.2 Å². The zero-order chi connectivity index (χ0) is 19.8. The van der Waals surface area contributed by atoms with Gasteiger partial charge in [0, 0.05) is 11.0 Å². The van der Waals surface area contributed by atoms with Crippen LogP contribution in [-0.4, -0.2) is 23.5 Å². The highest BCUT2D eigenvalue weighted by Crippen LogP contribution is 2.20. The van der Waals surface area contributed by atoms with E-state index in [0.717, 1.165) is 15.6 Å². The maximum absolute atomic E-state index is 11.9. The fourth-order valence-electron chi connectivity index (χ4n) is 2.30. The summed E-state index contributed by atoms with van der Waals surface area (Å²) in [4.78, 5) is 24.6. The second-order valence-electron chi connectivity index (χ2n) is 5.64. The largest absolute Gasteiger partial charge is 0.484 e. The number of carbonyl (C=O) groups is 2. The highest BCUT2D eigenvalue weighted by molar-refractivity contribution is 7.80. The molecular weight excluding hydrogens is 394 g/mol. The molecule has 3 aromatic rings. The maximum atomic E-state index is 11.9. The summed E-state index contributed by atoms with van der Waals surface area (Å²) in [5.41, 5.74) is 4.83. The number of thiophene rings is 1. The van der Waals surface area contributed by atoms with Gasteiger partial charge in [-0.3, -0.25) is 25.8 Å². The number of benzene rings is 2. The van der Waals surface area contributed by atoms with E-state index in [4.69, 9.17) is 17.0 Å². The van der Waals surface area contributed by atoms with Crippen LogP contribution in [0.5, 0.6) is 5.75 Å². The molecule has 0 spiro atoms. The molecule has 0 aliphatic carbocycles. The van der Waals surface area contributed by atoms with Crippen molar-refractivity contribution in [3.8, 4) is 5.75 Å². The Bertz CT molecular complexity index is 1020. The van der Waals surface area contributed by atoms with Crippen molar-refractivity contribution in [3.63, 3.8) is 0 Å². The molecule has 8 heteroatoms. The van der Waals surface area contributed by atoms with Gasteiger partial charge in [0.05, 0.1) is 0 Å². The number of amides is 2. The van der Waals surface area contributed by atoms with Crippen molar-refractivity contribution in [3.05, 3.63) is 70.9 Å². The van der Waals surface area contributed by atoms with E-state index in [9.17, 15) is 9.59 Å². The Morgan fingerprint density at radius 2 is 1.86 bits per heavy atom. The van der Waals surface area contributed by atoms with Gasteiger partial charge in [0.2, 0.25) is 5.91 Å². The number of fused-ring (bicyclic) bond motifs is 1. The molecule has 0 atom stereocenters. The minimum absolute atomic E-state index is 0.0140. The van der Waals surface area contributed by atoms with Gasteiger partial charge in [0.25, 0.3) is 5.91 Å². The van der Waals surface area contributed by atoms with Crippen LogP contribution in [0.2, 0.25) is 0 Å². The molecule has 2 aromatic carbocycles. The average molecular weight is 412 g/mol. The summed E-state index contributed by atoms with van der Waals surface area (Å²) < 4.78 is 5.48. The Kier molecular flexibility index (Phi) is 6.72. The molecule has 3 N–H and O–H groups in total. The molecule has 0 aliphatic heterocycles. The molecule has 0 bridgehead atoms. The van der Waals surface area contributed by atoms with Crippen LogP contribution in [0.4, 0.5) is 0 Å². The van der Waals surface area contributed by atoms with Crippen molar-refractivity contribution in [2.75, 3.05) is 6.61 Å². The van der Waals surface area contributed by atoms with Crippen LogP contribution in [0, 0.1) is 0 Å². The van der Waals surface area contributed by atoms with E-state index >= 15 is 0 Å². The van der Waals surface area contributed by atoms with Crippen molar-refractivity contribution in [2.24, 2.45) is 0 Å². The molecule has 3 rings (SSSR count). The van der Waals surface area contributed by atoms with E-state index in [1.165, 1.54) is 17.4 Å². The number of thiocarbonyl (C=S) groups is 1. The van der Waals surface area contributed by atoms with Crippen molar-refractivity contribution < 1.29 is 14.3 Å². The lowest BCUT2D eigenvalue weighted by Crippen LogP contribution is -2.49. The normalized spacial score (nSPS) is 10.6. The Hall–Kier alpha value is -3.23. The predicted octanol–water partition coefficient (Wildman–Crippen LogP) is 3.02. The lowest BCUT2D eigenvalue weighted by molar-refractivity contribution is -0.123. The zero-order valence-electron chi connectivity index (χ0n) is 14.7. The van der Waals surface area contributed by atoms with Gasteiger partial charge in [-0.1, -0.05) is 36.4 Å². The second-order valence-corrected chi connectivity index (χ2v) is 7.03. The SMILES string of the molecule is O=C(/C=C/c1cccs1)NC(=S)NNC(=O)COc1ccc2ccccc2c1. The van der Waals surface area contributed by atoms with E-state index in [1.54, 1.807) is 12.1 Å². The number of carbonyl (C=O) groups excluding carboxylic acids is 2. The molecular formula is C20H17N3O3S2. The van der Waals surface area contributed by atoms with E-state index < -0.39 is 11.8 Å². The van der Waals surface area contributed by atoms with E-state index in [0.29, 0.717) is 5.75 Å². The standard InChI is InChI=1S/C20H17N3O3S2/c24-18(10-9-17-6-3-11-28-17)21-20(27)23-22-19(25)13-26-16-8-7-14-4-1-2-5-15(14)12-16/h1-12H,13H2,(H,22,25)(H2,21,23,24,27)/b10-9+. The molecule has 0 fully saturated rings. The van der Waals surface area contributed by atoms with Crippen molar-refractivity contribution in [1.29, 1.82) is 0 Å². The molecule has 1 heterocycles. The number of hydrazine groups is 1. The summed E-state index contributed by atoms with van der Waals surface area (Å²) in [6.07, 6.45) is 3.04. The van der Waals surface area contributed by atoms with Crippen LogP contribution in [0.25, 0.3) is 16.8 Å². The first-order valence-electron chi connectivity index (χ1n) is 8.33. The molecule has 0 saturated carbocycles. The van der Waals surface area contributed by atoms with Gasteiger partial charge in [0.1, 0.15) is 5.75 Å². The third-order valence-electron chi connectivity index (χ3n) is 3.59. The summed E-state index contributed by atoms with van der Waals surface area (Å²) in [7, 11) is 0. The summed E-state index contributed by atoms with van der Waals surface area (Å²) in [6.45, 7) is -0.194. The summed E-state index contributed by atoms with van der Waals surface area (Å²) in [5, 5.41) is 6.46. The van der Waals surface area contributed by atoms with Crippen molar-refractivity contribution in [1.82, 2.24) is 16.2 Å². The first kappa shape index (κ1) is 19.5. The first-order chi connectivity index (χ1) is 13.6. The number of hydrogen-bond acceptors (Lipinski definition) is 5. The second kappa shape index (κ2) is 9.63. The minimum atomic E-state index is -0.432. The predicted molar refractivity (Wildman–Crippen MR) is 115 cm³/mol. The minimum Gasteiger partial charge on any atom is -0.484 e. The lowest BCUT2D eigenvalue weighted by atomic mass is 10.1. The van der Waals surface area contributed by atoms with Crippen LogP contribution < -0.4 is 20.9 Å². The zero-order valence-corrected chi connectivity index (χ0v) is 16.3.